The molecule has 6 nitrogen and oxygen atoms in total. The summed E-state index contributed by atoms with van der Waals surface area (Å²) in [5.74, 6) is 0.872. The third-order valence-corrected chi connectivity index (χ3v) is 3.29. The van der Waals surface area contributed by atoms with Gasteiger partial charge < -0.3 is 20.1 Å². The van der Waals surface area contributed by atoms with E-state index in [1.54, 1.807) is 13.0 Å². The molecule has 0 bridgehead atoms. The van der Waals surface area contributed by atoms with Crippen LogP contribution in [-0.4, -0.2) is 37.6 Å². The third-order valence-electron chi connectivity index (χ3n) is 3.29. The zero-order valence-electron chi connectivity index (χ0n) is 13.4. The molecule has 1 heterocycles. The van der Waals surface area contributed by atoms with Gasteiger partial charge in [-0.25, -0.2) is 0 Å². The van der Waals surface area contributed by atoms with Gasteiger partial charge in [-0.05, 0) is 37.1 Å². The highest BCUT2D eigenvalue weighted by atomic mass is 16.6. The molecule has 1 aliphatic heterocycles. The quantitative estimate of drug-likeness (QED) is 0.779. The van der Waals surface area contributed by atoms with E-state index < -0.39 is 6.04 Å². The highest BCUT2D eigenvalue weighted by molar-refractivity contribution is 5.95. The summed E-state index contributed by atoms with van der Waals surface area (Å²) in [7, 11) is 0. The maximum Gasteiger partial charge on any atom is 0.244 e. The number of amides is 2. The highest BCUT2D eigenvalue weighted by Gasteiger charge is 2.13. The van der Waals surface area contributed by atoms with Crippen molar-refractivity contribution in [3.63, 3.8) is 0 Å². The lowest BCUT2D eigenvalue weighted by atomic mass is 10.1. The van der Waals surface area contributed by atoms with Crippen molar-refractivity contribution in [2.24, 2.45) is 0 Å². The summed E-state index contributed by atoms with van der Waals surface area (Å²) in [6.07, 6.45) is 3.93. The number of hydrogen-bond acceptors (Lipinski definition) is 4. The van der Waals surface area contributed by atoms with E-state index in [9.17, 15) is 9.59 Å². The predicted octanol–water partition coefficient (Wildman–Crippen LogP) is 1.50. The maximum atomic E-state index is 11.9. The number of carbonyl (C=O) groups excluding carboxylic acids is 2. The highest BCUT2D eigenvalue weighted by Crippen LogP contribution is 2.30. The summed E-state index contributed by atoms with van der Waals surface area (Å²) in [6, 6.07) is 4.90. The van der Waals surface area contributed by atoms with Gasteiger partial charge in [-0.1, -0.05) is 13.0 Å². The van der Waals surface area contributed by atoms with Crippen LogP contribution in [0.4, 0.5) is 0 Å². The molecule has 2 N–H and O–H groups in total. The fourth-order valence-electron chi connectivity index (χ4n) is 2.06. The molecule has 0 unspecified atom stereocenters. The van der Waals surface area contributed by atoms with Gasteiger partial charge in [0.1, 0.15) is 19.3 Å². The zero-order chi connectivity index (χ0) is 16.7. The molecule has 1 aliphatic rings. The lowest BCUT2D eigenvalue weighted by molar-refractivity contribution is -0.126. The Morgan fingerprint density at radius 2 is 2.00 bits per heavy atom. The Morgan fingerprint density at radius 3 is 2.74 bits per heavy atom. The Labute approximate surface area is 135 Å². The van der Waals surface area contributed by atoms with Gasteiger partial charge in [0.05, 0.1) is 0 Å². The minimum absolute atomic E-state index is 0.187. The van der Waals surface area contributed by atoms with Crippen molar-refractivity contribution in [1.29, 1.82) is 0 Å². The number of ether oxygens (including phenoxy) is 2. The van der Waals surface area contributed by atoms with Crippen LogP contribution in [0.5, 0.6) is 11.5 Å². The SMILES string of the molecule is CCCNC(=O)[C@@H](C)NC(=O)/C=C/c1ccc2c(c1)OCCO2. The topological polar surface area (TPSA) is 76.7 Å². The smallest absolute Gasteiger partial charge is 0.244 e. The molecule has 124 valence electrons. The predicted molar refractivity (Wildman–Crippen MR) is 87.4 cm³/mol. The zero-order valence-corrected chi connectivity index (χ0v) is 13.4. The van der Waals surface area contributed by atoms with E-state index in [-0.39, 0.29) is 11.8 Å². The van der Waals surface area contributed by atoms with Gasteiger partial charge >= 0.3 is 0 Å². The Morgan fingerprint density at radius 1 is 1.26 bits per heavy atom. The minimum atomic E-state index is -0.570. The molecule has 1 aromatic rings. The third kappa shape index (κ3) is 5.02. The van der Waals surface area contributed by atoms with E-state index in [0.29, 0.717) is 31.3 Å². The van der Waals surface area contributed by atoms with Crippen molar-refractivity contribution in [3.05, 3.63) is 29.8 Å². The number of rotatable bonds is 6. The average molecular weight is 318 g/mol. The van der Waals surface area contributed by atoms with Gasteiger partial charge in [-0.15, -0.1) is 0 Å². The Balaban J connectivity index is 1.89. The molecule has 2 amide bonds. The lowest BCUT2D eigenvalue weighted by Gasteiger charge is -2.18. The van der Waals surface area contributed by atoms with Crippen LogP contribution >= 0.6 is 0 Å². The summed E-state index contributed by atoms with van der Waals surface area (Å²) >= 11 is 0. The molecular weight excluding hydrogens is 296 g/mol. The van der Waals surface area contributed by atoms with Gasteiger partial charge in [0, 0.05) is 12.6 Å². The van der Waals surface area contributed by atoms with Gasteiger partial charge in [0.25, 0.3) is 0 Å². The van der Waals surface area contributed by atoms with Gasteiger partial charge in [0.15, 0.2) is 11.5 Å². The van der Waals surface area contributed by atoms with E-state index in [4.69, 9.17) is 9.47 Å². The summed E-state index contributed by atoms with van der Waals surface area (Å²) in [6.45, 7) is 5.29. The first-order valence-corrected chi connectivity index (χ1v) is 7.76. The van der Waals surface area contributed by atoms with Crippen molar-refractivity contribution in [1.82, 2.24) is 10.6 Å². The first kappa shape index (κ1) is 16.9. The summed E-state index contributed by atoms with van der Waals surface area (Å²) in [4.78, 5) is 23.6. The van der Waals surface area contributed by atoms with E-state index in [2.05, 4.69) is 10.6 Å². The number of benzene rings is 1. The maximum absolute atomic E-state index is 11.9. The van der Waals surface area contributed by atoms with Crippen molar-refractivity contribution < 1.29 is 19.1 Å². The molecule has 0 fully saturated rings. The summed E-state index contributed by atoms with van der Waals surface area (Å²) in [5, 5.41) is 5.36. The minimum Gasteiger partial charge on any atom is -0.486 e. The van der Waals surface area contributed by atoms with E-state index in [1.165, 1.54) is 6.08 Å². The lowest BCUT2D eigenvalue weighted by Crippen LogP contribution is -2.44. The van der Waals surface area contributed by atoms with Crippen LogP contribution in [-0.2, 0) is 9.59 Å². The monoisotopic (exact) mass is 318 g/mol. The number of hydrogen-bond donors (Lipinski definition) is 2. The largest absolute Gasteiger partial charge is 0.486 e. The standard InChI is InChI=1S/C17H22N2O4/c1-3-8-18-17(21)12(2)19-16(20)7-5-13-4-6-14-15(11-13)23-10-9-22-14/h4-7,11-12H,3,8-10H2,1-2H3,(H,18,21)(H,19,20)/b7-5+/t12-/m1/s1. The Bertz CT molecular complexity index is 598. The molecule has 6 heteroatoms. The van der Waals surface area contributed by atoms with Crippen LogP contribution in [0.15, 0.2) is 24.3 Å². The second-order valence-electron chi connectivity index (χ2n) is 5.26. The molecule has 1 aromatic carbocycles. The molecule has 0 spiro atoms. The van der Waals surface area contributed by atoms with Crippen molar-refractivity contribution in [3.8, 4) is 11.5 Å². The van der Waals surface area contributed by atoms with Crippen LogP contribution in [0.2, 0.25) is 0 Å². The molecule has 23 heavy (non-hydrogen) atoms. The fourth-order valence-corrected chi connectivity index (χ4v) is 2.06. The van der Waals surface area contributed by atoms with Crippen LogP contribution in [0.25, 0.3) is 6.08 Å². The Kier molecular flexibility index (Phi) is 6.02. The second kappa shape index (κ2) is 8.22. The van der Waals surface area contributed by atoms with Gasteiger partial charge in [0.2, 0.25) is 11.8 Å². The van der Waals surface area contributed by atoms with E-state index >= 15 is 0 Å². The van der Waals surface area contributed by atoms with E-state index in [1.807, 2.05) is 25.1 Å². The Hall–Kier alpha value is -2.50. The molecular formula is C17H22N2O4. The normalized spacial score (nSPS) is 14.3. The van der Waals surface area contributed by atoms with Crippen LogP contribution in [0.1, 0.15) is 25.8 Å². The van der Waals surface area contributed by atoms with Gasteiger partial charge in [-0.2, -0.15) is 0 Å². The molecule has 0 saturated heterocycles. The van der Waals surface area contributed by atoms with Crippen molar-refractivity contribution in [2.45, 2.75) is 26.3 Å². The van der Waals surface area contributed by atoms with Crippen LogP contribution in [0, 0.1) is 0 Å². The molecule has 2 rings (SSSR count). The van der Waals surface area contributed by atoms with Crippen LogP contribution in [0.3, 0.4) is 0 Å². The van der Waals surface area contributed by atoms with Gasteiger partial charge in [-0.3, -0.25) is 9.59 Å². The molecule has 1 atom stereocenters. The molecule has 0 aliphatic carbocycles. The number of nitrogens with one attached hydrogen (secondary N) is 2. The number of fused-ring (bicyclic) bond motifs is 1. The second-order valence-corrected chi connectivity index (χ2v) is 5.26. The summed E-state index contributed by atoms with van der Waals surface area (Å²) in [5.41, 5.74) is 0.826. The van der Waals surface area contributed by atoms with Crippen LogP contribution < -0.4 is 20.1 Å². The average Bonchev–Trinajstić information content (AvgIpc) is 2.57. The first-order chi connectivity index (χ1) is 11.1. The van der Waals surface area contributed by atoms with Crippen molar-refractivity contribution in [2.75, 3.05) is 19.8 Å². The van der Waals surface area contributed by atoms with E-state index in [0.717, 1.165) is 12.0 Å². The fraction of sp³-hybridized carbons (Fsp3) is 0.412. The first-order valence-electron chi connectivity index (χ1n) is 7.76. The molecule has 0 saturated carbocycles. The summed E-state index contributed by atoms with van der Waals surface area (Å²) < 4.78 is 10.9. The molecule has 0 aromatic heterocycles. The van der Waals surface area contributed by atoms with Crippen molar-refractivity contribution >= 4 is 17.9 Å². The number of carbonyl (C=O) groups is 2. The molecule has 0 radical (unpaired) electrons.